The summed E-state index contributed by atoms with van der Waals surface area (Å²) in [6.07, 6.45) is 1.70. The van der Waals surface area contributed by atoms with Crippen molar-refractivity contribution in [2.24, 2.45) is 0 Å². The Morgan fingerprint density at radius 2 is 1.88 bits per heavy atom. The van der Waals surface area contributed by atoms with Crippen molar-refractivity contribution in [3.8, 4) is 11.5 Å². The van der Waals surface area contributed by atoms with Crippen LogP contribution in [0.3, 0.4) is 0 Å². The minimum Gasteiger partial charge on any atom is -0.490 e. The lowest BCUT2D eigenvalue weighted by atomic mass is 10.2. The van der Waals surface area contributed by atoms with Gasteiger partial charge in [0.15, 0.2) is 11.5 Å². The third-order valence-electron chi connectivity index (χ3n) is 3.68. The van der Waals surface area contributed by atoms with Gasteiger partial charge >= 0.3 is 5.69 Å². The predicted molar refractivity (Wildman–Crippen MR) is 107 cm³/mol. The second-order valence-corrected chi connectivity index (χ2v) is 5.51. The number of aromatic amines is 2. The minimum absolute atomic E-state index is 0. The van der Waals surface area contributed by atoms with Crippen LogP contribution in [0.5, 0.6) is 11.5 Å². The van der Waals surface area contributed by atoms with E-state index in [9.17, 15) is 4.79 Å². The van der Waals surface area contributed by atoms with E-state index in [-0.39, 0.29) is 18.1 Å². The Balaban J connectivity index is 0.00000243. The highest BCUT2D eigenvalue weighted by Crippen LogP contribution is 2.29. The zero-order valence-electron chi connectivity index (χ0n) is 14.5. The molecule has 0 saturated heterocycles. The number of fused-ring (bicyclic) bond motifs is 1. The van der Waals surface area contributed by atoms with Gasteiger partial charge in [0, 0.05) is 12.2 Å². The third kappa shape index (κ3) is 4.61. The number of benzene rings is 2. The summed E-state index contributed by atoms with van der Waals surface area (Å²) in [5.74, 6) is 1.42. The molecule has 2 aromatic carbocycles. The summed E-state index contributed by atoms with van der Waals surface area (Å²) >= 11 is 0. The van der Waals surface area contributed by atoms with Gasteiger partial charge in [-0.05, 0) is 42.8 Å². The molecule has 3 N–H and O–H groups in total. The number of ether oxygens (including phenoxy) is 2. The average molecular weight is 376 g/mol. The summed E-state index contributed by atoms with van der Waals surface area (Å²) in [5, 5.41) is 3.35. The van der Waals surface area contributed by atoms with E-state index in [0.717, 1.165) is 22.3 Å². The molecule has 6 nitrogen and oxygen atoms in total. The number of H-pyrrole nitrogens is 2. The number of hydrogen-bond acceptors (Lipinski definition) is 4. The second kappa shape index (κ2) is 9.01. The summed E-state index contributed by atoms with van der Waals surface area (Å²) in [6, 6.07) is 11.6. The zero-order chi connectivity index (χ0) is 17.6. The van der Waals surface area contributed by atoms with Crippen LogP contribution < -0.4 is 20.5 Å². The van der Waals surface area contributed by atoms with Gasteiger partial charge in [-0.2, -0.15) is 0 Å². The molecule has 1 heterocycles. The molecule has 138 valence electrons. The predicted octanol–water partition coefficient (Wildman–Crippen LogP) is 3.85. The third-order valence-corrected chi connectivity index (χ3v) is 3.68. The number of halogens is 1. The maximum atomic E-state index is 11.3. The summed E-state index contributed by atoms with van der Waals surface area (Å²) in [4.78, 5) is 16.8. The normalized spacial score (nSPS) is 10.2. The number of aromatic nitrogens is 2. The Bertz CT molecular complexity index is 933. The molecule has 0 fully saturated rings. The van der Waals surface area contributed by atoms with Crippen molar-refractivity contribution in [1.29, 1.82) is 0 Å². The molecule has 3 aromatic rings. The first-order valence-corrected chi connectivity index (χ1v) is 8.15. The molecule has 0 aliphatic carbocycles. The molecule has 7 heteroatoms. The summed E-state index contributed by atoms with van der Waals surface area (Å²) in [5.41, 5.74) is 3.35. The fraction of sp³-hybridized carbons (Fsp3) is 0.211. The van der Waals surface area contributed by atoms with Crippen molar-refractivity contribution in [2.75, 3.05) is 18.5 Å². The first kappa shape index (κ1) is 19.5. The SMILES string of the molecule is C=CCOc1ccc(CNc2ccc3[nH]c(=O)[nH]c3c2)cc1OCC.Cl. The molecule has 0 spiro atoms. The molecule has 0 saturated carbocycles. The number of rotatable bonds is 8. The first-order valence-electron chi connectivity index (χ1n) is 8.15. The average Bonchev–Trinajstić information content (AvgIpc) is 2.98. The van der Waals surface area contributed by atoms with Gasteiger partial charge in [0.2, 0.25) is 0 Å². The zero-order valence-corrected chi connectivity index (χ0v) is 15.3. The maximum Gasteiger partial charge on any atom is 0.323 e. The van der Waals surface area contributed by atoms with Crippen LogP contribution in [-0.4, -0.2) is 23.2 Å². The second-order valence-electron chi connectivity index (χ2n) is 5.51. The number of anilines is 1. The van der Waals surface area contributed by atoms with Crippen molar-refractivity contribution in [2.45, 2.75) is 13.5 Å². The van der Waals surface area contributed by atoms with Gasteiger partial charge in [-0.1, -0.05) is 18.7 Å². The molecule has 0 aliphatic rings. The van der Waals surface area contributed by atoms with Crippen LogP contribution in [0.15, 0.2) is 53.8 Å². The largest absolute Gasteiger partial charge is 0.490 e. The van der Waals surface area contributed by atoms with Gasteiger partial charge in [-0.3, -0.25) is 0 Å². The van der Waals surface area contributed by atoms with Crippen LogP contribution >= 0.6 is 12.4 Å². The van der Waals surface area contributed by atoms with Gasteiger partial charge in [0.05, 0.1) is 17.6 Å². The van der Waals surface area contributed by atoms with Crippen molar-refractivity contribution in [3.05, 3.63) is 65.1 Å². The maximum absolute atomic E-state index is 11.3. The minimum atomic E-state index is -0.205. The van der Waals surface area contributed by atoms with E-state index in [2.05, 4.69) is 21.9 Å². The molecular formula is C19H22ClN3O3. The van der Waals surface area contributed by atoms with Crippen molar-refractivity contribution in [3.63, 3.8) is 0 Å². The van der Waals surface area contributed by atoms with Gasteiger partial charge in [-0.25, -0.2) is 4.79 Å². The highest BCUT2D eigenvalue weighted by molar-refractivity contribution is 5.85. The lowest BCUT2D eigenvalue weighted by molar-refractivity contribution is 0.296. The highest BCUT2D eigenvalue weighted by Gasteiger charge is 2.07. The number of imidazole rings is 1. The summed E-state index contributed by atoms with van der Waals surface area (Å²) < 4.78 is 11.3. The first-order chi connectivity index (χ1) is 12.2. The van der Waals surface area contributed by atoms with Crippen LogP contribution in [0.1, 0.15) is 12.5 Å². The van der Waals surface area contributed by atoms with Crippen molar-refractivity contribution >= 4 is 29.1 Å². The number of hydrogen-bond donors (Lipinski definition) is 3. The molecule has 3 rings (SSSR count). The molecule has 0 atom stereocenters. The topological polar surface area (TPSA) is 79.1 Å². The molecule has 0 bridgehead atoms. The van der Waals surface area contributed by atoms with Gasteiger partial charge < -0.3 is 24.8 Å². The molecule has 0 aliphatic heterocycles. The molecular weight excluding hydrogens is 354 g/mol. The van der Waals surface area contributed by atoms with Gasteiger partial charge in [-0.15, -0.1) is 12.4 Å². The van der Waals surface area contributed by atoms with E-state index in [1.54, 1.807) is 6.08 Å². The van der Waals surface area contributed by atoms with E-state index in [1.807, 2.05) is 43.3 Å². The number of nitrogens with one attached hydrogen (secondary N) is 3. The monoisotopic (exact) mass is 375 g/mol. The van der Waals surface area contributed by atoms with Crippen LogP contribution in [0, 0.1) is 0 Å². The Morgan fingerprint density at radius 1 is 1.08 bits per heavy atom. The lowest BCUT2D eigenvalue weighted by Gasteiger charge is -2.13. The lowest BCUT2D eigenvalue weighted by Crippen LogP contribution is -2.03. The Morgan fingerprint density at radius 3 is 2.65 bits per heavy atom. The molecule has 0 radical (unpaired) electrons. The standard InChI is InChI=1S/C19H21N3O3.ClH/c1-3-9-25-17-8-5-13(10-18(17)24-4-2)12-20-14-6-7-15-16(11-14)22-19(23)21-15;/h3,5-8,10-11,20H,1,4,9,12H2,2H3,(H2,21,22,23);1H. The van der Waals surface area contributed by atoms with E-state index in [4.69, 9.17) is 9.47 Å². The van der Waals surface area contributed by atoms with Crippen LogP contribution in [0.2, 0.25) is 0 Å². The van der Waals surface area contributed by atoms with Gasteiger partial charge in [0.25, 0.3) is 0 Å². The van der Waals surface area contributed by atoms with Gasteiger partial charge in [0.1, 0.15) is 6.61 Å². The Labute approximate surface area is 157 Å². The quantitative estimate of drug-likeness (QED) is 0.522. The summed E-state index contributed by atoms with van der Waals surface area (Å²) in [6.45, 7) is 7.23. The van der Waals surface area contributed by atoms with E-state index < -0.39 is 0 Å². The van der Waals surface area contributed by atoms with Crippen LogP contribution in [0.4, 0.5) is 5.69 Å². The van der Waals surface area contributed by atoms with Crippen molar-refractivity contribution < 1.29 is 9.47 Å². The Hall–Kier alpha value is -2.86. The van der Waals surface area contributed by atoms with Crippen LogP contribution in [-0.2, 0) is 6.54 Å². The Kier molecular flexibility index (Phi) is 6.74. The fourth-order valence-electron chi connectivity index (χ4n) is 2.55. The highest BCUT2D eigenvalue weighted by atomic mass is 35.5. The van der Waals surface area contributed by atoms with E-state index in [0.29, 0.717) is 31.3 Å². The van der Waals surface area contributed by atoms with Crippen molar-refractivity contribution in [1.82, 2.24) is 9.97 Å². The van der Waals surface area contributed by atoms with E-state index in [1.165, 1.54) is 0 Å². The van der Waals surface area contributed by atoms with Crippen LogP contribution in [0.25, 0.3) is 11.0 Å². The molecule has 26 heavy (non-hydrogen) atoms. The smallest absolute Gasteiger partial charge is 0.323 e. The van der Waals surface area contributed by atoms with E-state index >= 15 is 0 Å². The fourth-order valence-corrected chi connectivity index (χ4v) is 2.55. The molecule has 0 unspecified atom stereocenters. The summed E-state index contributed by atoms with van der Waals surface area (Å²) in [7, 11) is 0. The molecule has 0 amide bonds. The molecule has 1 aromatic heterocycles.